The van der Waals surface area contributed by atoms with E-state index < -0.39 is 11.9 Å². The molecule has 8 heteroatoms. The number of rotatable bonds is 5. The molecule has 0 heterocycles. The summed E-state index contributed by atoms with van der Waals surface area (Å²) < 4.78 is 27.1. The Labute approximate surface area is 158 Å². The van der Waals surface area contributed by atoms with Gasteiger partial charge in [-0.1, -0.05) is 0 Å². The summed E-state index contributed by atoms with van der Waals surface area (Å²) in [6, 6.07) is 3.06. The smallest absolute Gasteiger partial charge is 0.338 e. The molecule has 0 aromatic heterocycles. The van der Waals surface area contributed by atoms with Crippen molar-refractivity contribution in [3.05, 3.63) is 21.3 Å². The van der Waals surface area contributed by atoms with Crippen molar-refractivity contribution in [1.29, 1.82) is 0 Å². The monoisotopic (exact) mass is 460 g/mol. The molecule has 0 aliphatic carbocycles. The first-order chi connectivity index (χ1) is 11.9. The number of hydrogen-bond donors (Lipinski definition) is 0. The van der Waals surface area contributed by atoms with Crippen LogP contribution in [-0.4, -0.2) is 40.4 Å². The number of carbonyl (C=O) groups excluding carboxylic acids is 2. The fraction of sp³-hybridized carbons (Fsp3) is 0.294. The van der Waals surface area contributed by atoms with Gasteiger partial charge >= 0.3 is 11.9 Å². The molecule has 0 saturated carbocycles. The van der Waals surface area contributed by atoms with Crippen molar-refractivity contribution in [2.24, 2.45) is 0 Å². The van der Waals surface area contributed by atoms with E-state index in [-0.39, 0.29) is 11.3 Å². The first-order valence-electron chi connectivity index (χ1n) is 7.11. The number of carbonyl (C=O) groups is 2. The largest absolute Gasteiger partial charge is 0.492 e. The van der Waals surface area contributed by atoms with Gasteiger partial charge in [0.15, 0.2) is 11.5 Å². The van der Waals surface area contributed by atoms with Crippen LogP contribution in [0.2, 0.25) is 0 Å². The molecule has 0 atom stereocenters. The lowest BCUT2D eigenvalue weighted by Crippen LogP contribution is -2.07. The Bertz CT molecular complexity index is 845. The zero-order valence-electron chi connectivity index (χ0n) is 14.4. The first kappa shape index (κ1) is 19.1. The number of fused-ring (bicyclic) bond motifs is 1. The van der Waals surface area contributed by atoms with Crippen LogP contribution in [0.4, 0.5) is 0 Å². The molecule has 0 aliphatic heterocycles. The highest BCUT2D eigenvalue weighted by atomic mass is 127. The minimum Gasteiger partial charge on any atom is -0.492 e. The van der Waals surface area contributed by atoms with Crippen molar-refractivity contribution < 1.29 is 33.3 Å². The van der Waals surface area contributed by atoms with E-state index in [4.69, 9.17) is 23.7 Å². The van der Waals surface area contributed by atoms with E-state index in [0.717, 1.165) is 0 Å². The summed E-state index contributed by atoms with van der Waals surface area (Å²) in [5.74, 6) is 0.225. The Morgan fingerprint density at radius 2 is 1.52 bits per heavy atom. The maximum absolute atomic E-state index is 12.0. The molecular formula is C17H17IO7. The van der Waals surface area contributed by atoms with Gasteiger partial charge in [0.05, 0.1) is 43.0 Å². The molecule has 25 heavy (non-hydrogen) atoms. The minimum atomic E-state index is -0.556. The normalized spacial score (nSPS) is 10.3. The average molecular weight is 460 g/mol. The van der Waals surface area contributed by atoms with Gasteiger partial charge in [-0.15, -0.1) is 0 Å². The number of benzene rings is 2. The van der Waals surface area contributed by atoms with Crippen LogP contribution in [0.25, 0.3) is 10.8 Å². The second-order valence-corrected chi connectivity index (χ2v) is 5.97. The lowest BCUT2D eigenvalue weighted by atomic mass is 10.0. The third-order valence-electron chi connectivity index (χ3n) is 3.46. The summed E-state index contributed by atoms with van der Waals surface area (Å²) in [5, 5.41) is 1.10. The summed E-state index contributed by atoms with van der Waals surface area (Å²) in [6.45, 7) is 1.27. The maximum atomic E-state index is 12.0. The second-order valence-electron chi connectivity index (χ2n) is 4.90. The molecule has 0 N–H and O–H groups in total. The van der Waals surface area contributed by atoms with Gasteiger partial charge in [0.25, 0.3) is 0 Å². The highest BCUT2D eigenvalue weighted by molar-refractivity contribution is 14.1. The molecule has 134 valence electrons. The summed E-state index contributed by atoms with van der Waals surface area (Å²) in [4.78, 5) is 23.5. The fourth-order valence-corrected chi connectivity index (χ4v) is 3.39. The van der Waals surface area contributed by atoms with Crippen molar-refractivity contribution in [3.63, 3.8) is 0 Å². The predicted octanol–water partition coefficient (Wildman–Crippen LogP) is 3.18. The summed E-state index contributed by atoms with van der Waals surface area (Å²) in [7, 11) is 5.73. The molecule has 0 saturated heterocycles. The Morgan fingerprint density at radius 3 is 2.00 bits per heavy atom. The van der Waals surface area contributed by atoms with E-state index in [1.807, 2.05) is 0 Å². The Hall–Kier alpha value is -2.23. The highest BCUT2D eigenvalue weighted by Gasteiger charge is 2.25. The standard InChI is InChI=1S/C17H17IO7/c1-8(19)25-11-7-9(17(20)24-5)6-10-12(11)14(21-2)16(23-4)15(22-3)13(10)18/h6-7H,1-5H3. The molecule has 2 aromatic carbocycles. The van der Waals surface area contributed by atoms with E-state index in [2.05, 4.69) is 22.6 Å². The van der Waals surface area contributed by atoms with E-state index >= 15 is 0 Å². The Morgan fingerprint density at radius 1 is 0.920 bits per heavy atom. The maximum Gasteiger partial charge on any atom is 0.338 e. The van der Waals surface area contributed by atoms with Gasteiger partial charge in [-0.3, -0.25) is 4.79 Å². The number of ether oxygens (including phenoxy) is 5. The average Bonchev–Trinajstić information content (AvgIpc) is 2.60. The van der Waals surface area contributed by atoms with Crippen molar-refractivity contribution in [1.82, 2.24) is 0 Å². The van der Waals surface area contributed by atoms with Crippen LogP contribution in [0.5, 0.6) is 23.0 Å². The molecule has 2 rings (SSSR count). The number of hydrogen-bond acceptors (Lipinski definition) is 7. The van der Waals surface area contributed by atoms with E-state index in [1.165, 1.54) is 41.4 Å². The number of methoxy groups -OCH3 is 4. The quantitative estimate of drug-likeness (QED) is 0.385. The van der Waals surface area contributed by atoms with Gasteiger partial charge in [0.2, 0.25) is 5.75 Å². The van der Waals surface area contributed by atoms with Gasteiger partial charge in [0, 0.05) is 12.3 Å². The highest BCUT2D eigenvalue weighted by Crippen LogP contribution is 2.50. The van der Waals surface area contributed by atoms with Gasteiger partial charge in [-0.05, 0) is 34.7 Å². The summed E-state index contributed by atoms with van der Waals surface area (Å²) in [5.41, 5.74) is 0.235. The molecule has 0 fully saturated rings. The molecular weight excluding hydrogens is 443 g/mol. The first-order valence-corrected chi connectivity index (χ1v) is 8.19. The summed E-state index contributed by atoms with van der Waals surface area (Å²) >= 11 is 2.07. The third kappa shape index (κ3) is 3.44. The lowest BCUT2D eigenvalue weighted by molar-refractivity contribution is -0.131. The van der Waals surface area contributed by atoms with Gasteiger partial charge < -0.3 is 23.7 Å². The Balaban J connectivity index is 3.02. The molecule has 2 aromatic rings. The van der Waals surface area contributed by atoms with Crippen LogP contribution in [0.15, 0.2) is 12.1 Å². The van der Waals surface area contributed by atoms with Gasteiger partial charge in [0.1, 0.15) is 5.75 Å². The van der Waals surface area contributed by atoms with Crippen LogP contribution < -0.4 is 18.9 Å². The van der Waals surface area contributed by atoms with Crippen LogP contribution in [0.1, 0.15) is 17.3 Å². The topological polar surface area (TPSA) is 80.3 Å². The van der Waals surface area contributed by atoms with Crippen molar-refractivity contribution >= 4 is 45.3 Å². The van der Waals surface area contributed by atoms with Crippen LogP contribution >= 0.6 is 22.6 Å². The van der Waals surface area contributed by atoms with E-state index in [0.29, 0.717) is 31.6 Å². The van der Waals surface area contributed by atoms with Crippen LogP contribution in [-0.2, 0) is 9.53 Å². The van der Waals surface area contributed by atoms with Crippen molar-refractivity contribution in [3.8, 4) is 23.0 Å². The second kappa shape index (κ2) is 7.77. The minimum absolute atomic E-state index is 0.168. The number of halogens is 1. The molecule has 0 unspecified atom stereocenters. The fourth-order valence-electron chi connectivity index (χ4n) is 2.49. The van der Waals surface area contributed by atoms with Crippen molar-refractivity contribution in [2.75, 3.05) is 28.4 Å². The predicted molar refractivity (Wildman–Crippen MR) is 99.0 cm³/mol. The zero-order valence-corrected chi connectivity index (χ0v) is 16.5. The molecule has 0 bridgehead atoms. The van der Waals surface area contributed by atoms with Gasteiger partial charge in [-0.25, -0.2) is 4.79 Å². The Kier molecular flexibility index (Phi) is 5.93. The van der Waals surface area contributed by atoms with Crippen LogP contribution in [0.3, 0.4) is 0 Å². The molecule has 0 radical (unpaired) electrons. The molecule has 0 spiro atoms. The zero-order chi connectivity index (χ0) is 18.7. The van der Waals surface area contributed by atoms with Crippen molar-refractivity contribution in [2.45, 2.75) is 6.92 Å². The molecule has 0 aliphatic rings. The van der Waals surface area contributed by atoms with Gasteiger partial charge in [-0.2, -0.15) is 0 Å². The van der Waals surface area contributed by atoms with Crippen LogP contribution in [0, 0.1) is 3.57 Å². The van der Waals surface area contributed by atoms with E-state index in [9.17, 15) is 9.59 Å². The number of esters is 2. The SMILES string of the molecule is COC(=O)c1cc(OC(C)=O)c2c(OC)c(OC)c(OC)c(I)c2c1. The molecule has 0 amide bonds. The molecule has 7 nitrogen and oxygen atoms in total. The lowest BCUT2D eigenvalue weighted by Gasteiger charge is -2.19. The third-order valence-corrected chi connectivity index (χ3v) is 4.54. The summed E-state index contributed by atoms with van der Waals surface area (Å²) in [6.07, 6.45) is 0. The van der Waals surface area contributed by atoms with E-state index in [1.54, 1.807) is 6.07 Å².